The van der Waals surface area contributed by atoms with E-state index in [1.165, 1.54) is 6.42 Å². The predicted octanol–water partition coefficient (Wildman–Crippen LogP) is 2.90. The van der Waals surface area contributed by atoms with Gasteiger partial charge >= 0.3 is 0 Å². The third kappa shape index (κ3) is 2.09. The van der Waals surface area contributed by atoms with Crippen molar-refractivity contribution >= 4 is 33.0 Å². The molecule has 0 spiro atoms. The Morgan fingerprint density at radius 1 is 1.59 bits per heavy atom. The fourth-order valence-electron chi connectivity index (χ4n) is 2.41. The van der Waals surface area contributed by atoms with Crippen molar-refractivity contribution in [1.29, 1.82) is 0 Å². The molecule has 0 radical (unpaired) electrons. The number of hydrogen-bond donors (Lipinski definition) is 1. The minimum absolute atomic E-state index is 0.687. The number of imidazole rings is 1. The van der Waals surface area contributed by atoms with Gasteiger partial charge in [0, 0.05) is 12.6 Å². The minimum Gasteiger partial charge on any atom is -0.316 e. The highest BCUT2D eigenvalue weighted by Crippen LogP contribution is 2.27. The molecule has 5 heteroatoms. The van der Waals surface area contributed by atoms with Crippen molar-refractivity contribution in [3.8, 4) is 0 Å². The summed E-state index contributed by atoms with van der Waals surface area (Å²) in [5, 5.41) is 4.12. The van der Waals surface area contributed by atoms with Gasteiger partial charge in [-0.2, -0.15) is 0 Å². The standard InChI is InChI=1S/C12H13BrClN3/c13-12-11-9(14)2-1-5-17(11)10(16-12)6-8-3-4-15-7-8/h1-2,5,8,15H,3-4,6-7H2. The van der Waals surface area contributed by atoms with Crippen molar-refractivity contribution in [1.82, 2.24) is 14.7 Å². The molecule has 3 rings (SSSR count). The Labute approximate surface area is 113 Å². The van der Waals surface area contributed by atoms with Crippen LogP contribution in [0.25, 0.3) is 5.52 Å². The van der Waals surface area contributed by atoms with E-state index in [0.717, 1.165) is 40.5 Å². The number of nitrogens with zero attached hydrogens (tertiary/aromatic N) is 2. The van der Waals surface area contributed by atoms with Crippen molar-refractivity contribution in [3.63, 3.8) is 0 Å². The second-order valence-corrected chi connectivity index (χ2v) is 5.61. The van der Waals surface area contributed by atoms with Gasteiger partial charge in [0.05, 0.1) is 10.5 Å². The molecule has 1 fully saturated rings. The van der Waals surface area contributed by atoms with Gasteiger partial charge in [0.2, 0.25) is 0 Å². The second kappa shape index (κ2) is 4.59. The summed E-state index contributed by atoms with van der Waals surface area (Å²) >= 11 is 9.68. The Bertz CT molecular complexity index is 546. The monoisotopic (exact) mass is 313 g/mol. The van der Waals surface area contributed by atoms with Gasteiger partial charge in [-0.3, -0.25) is 0 Å². The Hall–Kier alpha value is -0.580. The zero-order valence-electron chi connectivity index (χ0n) is 9.29. The first-order chi connectivity index (χ1) is 8.25. The summed E-state index contributed by atoms with van der Waals surface area (Å²) in [4.78, 5) is 4.58. The lowest BCUT2D eigenvalue weighted by Gasteiger charge is -2.07. The molecule has 0 aromatic carbocycles. The SMILES string of the molecule is Clc1cccn2c(CC3CCNC3)nc(Br)c12. The molecule has 3 heterocycles. The molecule has 2 aromatic rings. The first-order valence-electron chi connectivity index (χ1n) is 5.77. The molecule has 17 heavy (non-hydrogen) atoms. The van der Waals surface area contributed by atoms with Crippen molar-refractivity contribution in [2.45, 2.75) is 12.8 Å². The smallest absolute Gasteiger partial charge is 0.133 e. The van der Waals surface area contributed by atoms with E-state index in [9.17, 15) is 0 Å². The third-order valence-corrected chi connectivity index (χ3v) is 4.14. The quantitative estimate of drug-likeness (QED) is 0.923. The Balaban J connectivity index is 2.01. The van der Waals surface area contributed by atoms with Crippen molar-refractivity contribution in [3.05, 3.63) is 33.8 Å². The predicted molar refractivity (Wildman–Crippen MR) is 72.6 cm³/mol. The average molecular weight is 315 g/mol. The van der Waals surface area contributed by atoms with Gasteiger partial charge in [0.25, 0.3) is 0 Å². The van der Waals surface area contributed by atoms with Crippen molar-refractivity contribution < 1.29 is 0 Å². The molecule has 1 N–H and O–H groups in total. The summed E-state index contributed by atoms with van der Waals surface area (Å²) in [5.41, 5.74) is 0.968. The second-order valence-electron chi connectivity index (χ2n) is 4.46. The molecule has 2 aromatic heterocycles. The van der Waals surface area contributed by atoms with E-state index < -0.39 is 0 Å². The molecule has 1 aliphatic rings. The topological polar surface area (TPSA) is 29.3 Å². The van der Waals surface area contributed by atoms with Crippen LogP contribution < -0.4 is 5.32 Å². The van der Waals surface area contributed by atoms with Gasteiger partial charge in [0.15, 0.2) is 0 Å². The molecule has 3 nitrogen and oxygen atoms in total. The molecule has 0 saturated carbocycles. The normalized spacial score (nSPS) is 20.2. The fourth-order valence-corrected chi connectivity index (χ4v) is 3.38. The zero-order chi connectivity index (χ0) is 11.8. The molecule has 1 saturated heterocycles. The van der Waals surface area contributed by atoms with E-state index in [1.54, 1.807) is 0 Å². The summed E-state index contributed by atoms with van der Waals surface area (Å²) in [5.74, 6) is 1.77. The number of halogens is 2. The average Bonchev–Trinajstić information content (AvgIpc) is 2.90. The Morgan fingerprint density at radius 2 is 2.47 bits per heavy atom. The van der Waals surface area contributed by atoms with Crippen LogP contribution in [0.15, 0.2) is 22.9 Å². The largest absolute Gasteiger partial charge is 0.316 e. The van der Waals surface area contributed by atoms with E-state index in [0.29, 0.717) is 5.92 Å². The van der Waals surface area contributed by atoms with Crippen LogP contribution in [0.3, 0.4) is 0 Å². The van der Waals surface area contributed by atoms with Crippen molar-refractivity contribution in [2.24, 2.45) is 5.92 Å². The van der Waals surface area contributed by atoms with E-state index in [4.69, 9.17) is 11.6 Å². The van der Waals surface area contributed by atoms with Crippen LogP contribution in [0.1, 0.15) is 12.2 Å². The maximum Gasteiger partial charge on any atom is 0.133 e. The number of fused-ring (bicyclic) bond motifs is 1. The van der Waals surface area contributed by atoms with Crippen LogP contribution in [-0.2, 0) is 6.42 Å². The lowest BCUT2D eigenvalue weighted by atomic mass is 10.1. The molecular formula is C12H13BrClN3. The molecule has 1 unspecified atom stereocenters. The molecule has 1 aliphatic heterocycles. The summed E-state index contributed by atoms with van der Waals surface area (Å²) in [7, 11) is 0. The van der Waals surface area contributed by atoms with E-state index in [-0.39, 0.29) is 0 Å². The number of rotatable bonds is 2. The van der Waals surface area contributed by atoms with Crippen LogP contribution in [-0.4, -0.2) is 22.5 Å². The lowest BCUT2D eigenvalue weighted by molar-refractivity contribution is 0.560. The van der Waals surface area contributed by atoms with Gasteiger partial charge in [-0.1, -0.05) is 11.6 Å². The summed E-state index contributed by atoms with van der Waals surface area (Å²) in [6, 6.07) is 3.85. The molecule has 0 bridgehead atoms. The molecule has 90 valence electrons. The maximum atomic E-state index is 6.19. The van der Waals surface area contributed by atoms with Crippen molar-refractivity contribution in [2.75, 3.05) is 13.1 Å². The van der Waals surface area contributed by atoms with Crippen LogP contribution in [0.4, 0.5) is 0 Å². The molecule has 1 atom stereocenters. The van der Waals surface area contributed by atoms with Gasteiger partial charge in [-0.25, -0.2) is 4.98 Å². The van der Waals surface area contributed by atoms with E-state index in [1.807, 2.05) is 18.3 Å². The van der Waals surface area contributed by atoms with Gasteiger partial charge < -0.3 is 9.72 Å². The van der Waals surface area contributed by atoms with Gasteiger partial charge in [-0.15, -0.1) is 0 Å². The van der Waals surface area contributed by atoms with Crippen LogP contribution >= 0.6 is 27.5 Å². The van der Waals surface area contributed by atoms with E-state index >= 15 is 0 Å². The minimum atomic E-state index is 0.687. The Morgan fingerprint density at radius 3 is 3.24 bits per heavy atom. The highest BCUT2D eigenvalue weighted by Gasteiger charge is 2.19. The fraction of sp³-hybridized carbons (Fsp3) is 0.417. The third-order valence-electron chi connectivity index (χ3n) is 3.28. The first-order valence-corrected chi connectivity index (χ1v) is 6.94. The first kappa shape index (κ1) is 11.5. The number of nitrogens with one attached hydrogen (secondary N) is 1. The molecule has 0 aliphatic carbocycles. The summed E-state index contributed by atoms with van der Waals surface area (Å²) in [6.45, 7) is 2.21. The van der Waals surface area contributed by atoms with Crippen LogP contribution in [0.2, 0.25) is 5.02 Å². The maximum absolute atomic E-state index is 6.19. The molecular weight excluding hydrogens is 302 g/mol. The number of aromatic nitrogens is 2. The number of pyridine rings is 1. The zero-order valence-corrected chi connectivity index (χ0v) is 11.6. The highest BCUT2D eigenvalue weighted by atomic mass is 79.9. The Kier molecular flexibility index (Phi) is 3.11. The summed E-state index contributed by atoms with van der Waals surface area (Å²) in [6.07, 6.45) is 4.25. The van der Waals surface area contributed by atoms with Crippen LogP contribution in [0, 0.1) is 5.92 Å². The lowest BCUT2D eigenvalue weighted by Crippen LogP contribution is -2.12. The van der Waals surface area contributed by atoms with Gasteiger partial charge in [0.1, 0.15) is 10.4 Å². The van der Waals surface area contributed by atoms with Gasteiger partial charge in [-0.05, 0) is 53.5 Å². The summed E-state index contributed by atoms with van der Waals surface area (Å²) < 4.78 is 2.93. The van der Waals surface area contributed by atoms with Crippen LogP contribution in [0.5, 0.6) is 0 Å². The molecule has 0 amide bonds. The number of hydrogen-bond acceptors (Lipinski definition) is 2. The highest BCUT2D eigenvalue weighted by molar-refractivity contribution is 9.10. The van der Waals surface area contributed by atoms with E-state index in [2.05, 4.69) is 30.6 Å².